The highest BCUT2D eigenvalue weighted by atomic mass is 16.4. The number of hydrogen-bond acceptors (Lipinski definition) is 15. The van der Waals surface area contributed by atoms with Gasteiger partial charge in [-0.1, -0.05) is 82.6 Å². The number of nitrogens with two attached hydrogens (primary N) is 3. The van der Waals surface area contributed by atoms with Crippen LogP contribution in [0.15, 0.2) is 60.8 Å². The number of nitrogens with zero attached hydrogens (tertiary/aromatic N) is 1. The van der Waals surface area contributed by atoms with E-state index in [2.05, 4.69) is 36.9 Å². The van der Waals surface area contributed by atoms with Gasteiger partial charge >= 0.3 is 17.9 Å². The number of rotatable bonds is 34. The zero-order valence-corrected chi connectivity index (χ0v) is 47.3. The molecule has 18 N–H and O–H groups in total. The summed E-state index contributed by atoms with van der Waals surface area (Å²) in [6.07, 6.45) is -1.18. The molecular formula is C55H75N13O17. The predicted octanol–water partition coefficient (Wildman–Crippen LogP) is -3.34. The van der Waals surface area contributed by atoms with E-state index < -0.39 is 188 Å². The molecule has 30 nitrogen and oxygen atoms in total. The van der Waals surface area contributed by atoms with Gasteiger partial charge in [-0.15, -0.1) is 0 Å². The molecule has 2 aromatic carbocycles. The third-order valence-electron chi connectivity index (χ3n) is 14.0. The average molecular weight is 1190 g/mol. The van der Waals surface area contributed by atoms with E-state index >= 15 is 0 Å². The van der Waals surface area contributed by atoms with Crippen LogP contribution < -0.4 is 59.7 Å². The number of amides is 11. The number of hydrogen-bond donors (Lipinski definition) is 15. The Bertz CT molecular complexity index is 2950. The summed E-state index contributed by atoms with van der Waals surface area (Å²) in [5, 5.41) is 47.2. The molecule has 462 valence electrons. The van der Waals surface area contributed by atoms with Crippen LogP contribution in [0.25, 0.3) is 10.9 Å². The number of fused-ring (bicyclic) bond motifs is 1. The number of carbonyl (C=O) groups is 14. The van der Waals surface area contributed by atoms with Crippen molar-refractivity contribution in [2.45, 2.75) is 146 Å². The molecule has 2 heterocycles. The van der Waals surface area contributed by atoms with Gasteiger partial charge in [-0.25, -0.2) is 4.79 Å². The molecule has 1 saturated heterocycles. The van der Waals surface area contributed by atoms with Crippen molar-refractivity contribution in [1.29, 1.82) is 0 Å². The number of aliphatic carboxylic acids is 3. The van der Waals surface area contributed by atoms with Gasteiger partial charge in [-0.2, -0.15) is 0 Å². The fourth-order valence-corrected chi connectivity index (χ4v) is 9.27. The van der Waals surface area contributed by atoms with E-state index in [9.17, 15) is 77.3 Å². The number of carboxylic acids is 3. The van der Waals surface area contributed by atoms with Crippen LogP contribution in [-0.2, 0) is 80.0 Å². The van der Waals surface area contributed by atoms with Crippen molar-refractivity contribution in [3.05, 3.63) is 71.9 Å². The van der Waals surface area contributed by atoms with Crippen LogP contribution in [0, 0.1) is 11.8 Å². The quantitative estimate of drug-likeness (QED) is 0.0278. The molecule has 3 aromatic rings. The Balaban J connectivity index is 1.51. The topological polar surface area (TPSA) is 493 Å². The second-order valence-electron chi connectivity index (χ2n) is 20.9. The van der Waals surface area contributed by atoms with E-state index in [1.807, 2.05) is 34.9 Å². The molecule has 4 rings (SSSR count). The average Bonchev–Trinajstić information content (AvgIpc) is 3.75. The molecule has 0 bridgehead atoms. The number of likely N-dealkylation sites (tertiary alicyclic amines) is 1. The van der Waals surface area contributed by atoms with Gasteiger partial charge in [0, 0.05) is 36.5 Å². The summed E-state index contributed by atoms with van der Waals surface area (Å²) in [4.78, 5) is 187. The first-order valence-corrected chi connectivity index (χ1v) is 27.4. The molecule has 0 aliphatic carbocycles. The molecule has 1 fully saturated rings. The van der Waals surface area contributed by atoms with Gasteiger partial charge in [0.05, 0.1) is 31.8 Å². The summed E-state index contributed by atoms with van der Waals surface area (Å²) >= 11 is 0. The summed E-state index contributed by atoms with van der Waals surface area (Å²) in [6, 6.07) is 2.24. The van der Waals surface area contributed by atoms with Gasteiger partial charge in [-0.05, 0) is 54.7 Å². The van der Waals surface area contributed by atoms with Gasteiger partial charge in [0.2, 0.25) is 65.0 Å². The highest BCUT2D eigenvalue weighted by Gasteiger charge is 2.40. The predicted molar refractivity (Wildman–Crippen MR) is 300 cm³/mol. The molecule has 0 spiro atoms. The Morgan fingerprint density at radius 2 is 1.19 bits per heavy atom. The van der Waals surface area contributed by atoms with Crippen molar-refractivity contribution in [3.63, 3.8) is 0 Å². The third-order valence-corrected chi connectivity index (χ3v) is 14.0. The van der Waals surface area contributed by atoms with Crippen molar-refractivity contribution >= 4 is 93.8 Å². The number of H-pyrrole nitrogens is 1. The fraction of sp³-hybridized carbons (Fsp3) is 0.491. The van der Waals surface area contributed by atoms with Gasteiger partial charge in [0.15, 0.2) is 0 Å². The van der Waals surface area contributed by atoms with Crippen molar-refractivity contribution in [3.8, 4) is 0 Å². The van der Waals surface area contributed by atoms with Crippen LogP contribution in [0.2, 0.25) is 0 Å². The molecule has 1 aliphatic rings. The number of carbonyl (C=O) groups excluding carboxylic acids is 11. The molecule has 0 unspecified atom stereocenters. The zero-order chi connectivity index (χ0) is 63.2. The lowest BCUT2D eigenvalue weighted by Crippen LogP contribution is -2.62. The maximum atomic E-state index is 14.4. The minimum atomic E-state index is -2.00. The van der Waals surface area contributed by atoms with Gasteiger partial charge in [0.25, 0.3) is 0 Å². The van der Waals surface area contributed by atoms with E-state index in [0.717, 1.165) is 16.5 Å². The monoisotopic (exact) mass is 1190 g/mol. The molecule has 10 atom stereocenters. The van der Waals surface area contributed by atoms with Crippen LogP contribution in [-0.4, -0.2) is 176 Å². The van der Waals surface area contributed by atoms with E-state index in [0.29, 0.717) is 12.0 Å². The molecule has 0 radical (unpaired) electrons. The van der Waals surface area contributed by atoms with Crippen LogP contribution in [0.4, 0.5) is 0 Å². The number of benzene rings is 2. The number of nitrogens with one attached hydrogen (secondary N) is 9. The van der Waals surface area contributed by atoms with Crippen molar-refractivity contribution in [2.75, 3.05) is 13.1 Å². The summed E-state index contributed by atoms with van der Waals surface area (Å²) in [5.74, 6) is -17.4. The van der Waals surface area contributed by atoms with Crippen molar-refractivity contribution in [1.82, 2.24) is 52.4 Å². The first-order valence-electron chi connectivity index (χ1n) is 27.4. The lowest BCUT2D eigenvalue weighted by Gasteiger charge is -2.31. The summed E-state index contributed by atoms with van der Waals surface area (Å²) in [5.41, 5.74) is 19.6. The standard InChI is InChI=1S/C55H75N13O17/c1-5-28(4)46(53(82)65-36(22-41(58)70)50(79)63-37(23-43(72)73)47(76)60-26-42(71)61-38(55(84)85)24-44(74)75)67-52(81)45(27(2)3)66-48(77)34(17-18-40(57)69)62-49(78)35(20-29-12-7-6-8-13-29)64-51(80)39-16-11-19-68(39)54(83)32(56)21-30-25-59-33-15-10-9-14-31(30)33/h6-10,12-15,25,27-28,32,34-39,45-46,59H,5,11,16-24,26,56H2,1-4H3,(H2,57,69)(H2,58,70)(H,60,76)(H,61,71)(H,62,78)(H,63,79)(H,64,80)(H,65,82)(H,66,77)(H,67,81)(H,72,73)(H,74,75)(H,84,85)/t28-,32-,34-,35-,36-,37-,38-,39-,45-,46-/m0/s1. The number of carboxylic acid groups (broad SMARTS) is 3. The highest BCUT2D eigenvalue weighted by Crippen LogP contribution is 2.23. The van der Waals surface area contributed by atoms with Crippen LogP contribution >= 0.6 is 0 Å². The number of para-hydroxylation sites is 1. The molecule has 11 amide bonds. The lowest BCUT2D eigenvalue weighted by atomic mass is 9.95. The van der Waals surface area contributed by atoms with E-state index in [1.165, 1.54) is 25.7 Å². The Kier molecular flexibility index (Phi) is 25.9. The van der Waals surface area contributed by atoms with E-state index in [1.54, 1.807) is 43.5 Å². The second kappa shape index (κ2) is 32.4. The normalized spacial score (nSPS) is 16.1. The summed E-state index contributed by atoms with van der Waals surface area (Å²) in [7, 11) is 0. The fourth-order valence-electron chi connectivity index (χ4n) is 9.27. The highest BCUT2D eigenvalue weighted by molar-refractivity contribution is 6.00. The van der Waals surface area contributed by atoms with Crippen molar-refractivity contribution < 1.29 is 82.4 Å². The Morgan fingerprint density at radius 1 is 0.624 bits per heavy atom. The first-order chi connectivity index (χ1) is 40.1. The number of primary amides is 2. The largest absolute Gasteiger partial charge is 0.481 e. The van der Waals surface area contributed by atoms with E-state index in [4.69, 9.17) is 22.3 Å². The Hall–Kier alpha value is -9.48. The van der Waals surface area contributed by atoms with Crippen LogP contribution in [0.3, 0.4) is 0 Å². The second-order valence-corrected chi connectivity index (χ2v) is 20.9. The molecule has 1 aliphatic heterocycles. The SMILES string of the molecule is CC[C@H](C)[C@H](NC(=O)[C@@H](NC(=O)[C@H](CCC(N)=O)NC(=O)[C@H](Cc1ccccc1)NC(=O)[C@@H]1CCCN1C(=O)[C@@H](N)Cc1c[nH]c2ccccc12)C(C)C)C(=O)N[C@@H](CC(N)=O)C(=O)N[C@@H](CC(=O)O)C(=O)NCC(=O)N[C@@H](CC(=O)O)C(=O)O. The molecular weight excluding hydrogens is 1110 g/mol. The zero-order valence-electron chi connectivity index (χ0n) is 47.3. The molecule has 85 heavy (non-hydrogen) atoms. The minimum absolute atomic E-state index is 0.101. The smallest absolute Gasteiger partial charge is 0.326 e. The Labute approximate surface area is 487 Å². The minimum Gasteiger partial charge on any atom is -0.481 e. The Morgan fingerprint density at radius 3 is 1.80 bits per heavy atom. The van der Waals surface area contributed by atoms with Gasteiger partial charge < -0.3 is 84.9 Å². The molecule has 1 aromatic heterocycles. The van der Waals surface area contributed by atoms with E-state index in [-0.39, 0.29) is 32.2 Å². The van der Waals surface area contributed by atoms with Gasteiger partial charge in [0.1, 0.15) is 48.3 Å². The third kappa shape index (κ3) is 21.0. The van der Waals surface area contributed by atoms with Gasteiger partial charge in [-0.3, -0.25) is 62.3 Å². The lowest BCUT2D eigenvalue weighted by molar-refractivity contribution is -0.147. The number of aromatic amines is 1. The van der Waals surface area contributed by atoms with Crippen LogP contribution in [0.1, 0.15) is 90.2 Å². The van der Waals surface area contributed by atoms with Crippen LogP contribution in [0.5, 0.6) is 0 Å². The summed E-state index contributed by atoms with van der Waals surface area (Å²) < 4.78 is 0. The molecule has 0 saturated carbocycles. The maximum Gasteiger partial charge on any atom is 0.326 e. The maximum absolute atomic E-state index is 14.4. The summed E-state index contributed by atoms with van der Waals surface area (Å²) in [6.45, 7) is 5.44. The molecule has 30 heteroatoms. The number of aromatic nitrogens is 1. The van der Waals surface area contributed by atoms with Crippen molar-refractivity contribution in [2.24, 2.45) is 29.0 Å². The first kappa shape index (κ1) is 68.0.